The Morgan fingerprint density at radius 3 is 2.76 bits per heavy atom. The van der Waals surface area contributed by atoms with Crippen LogP contribution in [0.25, 0.3) is 10.8 Å². The first kappa shape index (κ1) is 13.6. The molecule has 0 radical (unpaired) electrons. The van der Waals surface area contributed by atoms with E-state index in [2.05, 4.69) is 4.98 Å². The molecule has 0 bridgehead atoms. The molecular weight excluding hydrogens is 264 g/mol. The predicted molar refractivity (Wildman–Crippen MR) is 82.1 cm³/mol. The fraction of sp³-hybridized carbons (Fsp3) is 0.235. The lowest BCUT2D eigenvalue weighted by atomic mass is 10.0. The molecule has 21 heavy (non-hydrogen) atoms. The highest BCUT2D eigenvalue weighted by atomic mass is 16.5. The number of aliphatic hydroxyl groups is 1. The third kappa shape index (κ3) is 2.62. The Balaban J connectivity index is 2.02. The molecular formula is C17H18N2O2. The summed E-state index contributed by atoms with van der Waals surface area (Å²) >= 11 is 0. The van der Waals surface area contributed by atoms with Gasteiger partial charge >= 0.3 is 0 Å². The predicted octanol–water partition coefficient (Wildman–Crippen LogP) is 3.21. The maximum absolute atomic E-state index is 9.97. The molecule has 1 atom stereocenters. The van der Waals surface area contributed by atoms with Gasteiger partial charge < -0.3 is 14.4 Å². The molecule has 1 heterocycles. The molecule has 0 spiro atoms. The summed E-state index contributed by atoms with van der Waals surface area (Å²) < 4.78 is 7.92. The van der Waals surface area contributed by atoms with Crippen LogP contribution in [0.15, 0.2) is 48.8 Å². The Kier molecular flexibility index (Phi) is 3.62. The van der Waals surface area contributed by atoms with Crippen molar-refractivity contribution in [1.82, 2.24) is 9.55 Å². The molecule has 3 aromatic rings. The van der Waals surface area contributed by atoms with E-state index < -0.39 is 6.10 Å². The summed E-state index contributed by atoms with van der Waals surface area (Å²) in [4.78, 5) is 4.26. The lowest BCUT2D eigenvalue weighted by molar-refractivity contribution is 0.190. The van der Waals surface area contributed by atoms with Crippen molar-refractivity contribution in [1.29, 1.82) is 0 Å². The highest BCUT2D eigenvalue weighted by Gasteiger charge is 2.13. The van der Waals surface area contributed by atoms with E-state index in [1.165, 1.54) is 0 Å². The van der Waals surface area contributed by atoms with Crippen LogP contribution in [0.3, 0.4) is 0 Å². The third-order valence-electron chi connectivity index (χ3n) is 3.63. The number of aliphatic hydroxyl groups excluding tert-OH is 1. The van der Waals surface area contributed by atoms with Gasteiger partial charge in [0.25, 0.3) is 0 Å². The van der Waals surface area contributed by atoms with Gasteiger partial charge in [-0.25, -0.2) is 4.98 Å². The first-order valence-electron chi connectivity index (χ1n) is 6.95. The van der Waals surface area contributed by atoms with Crippen LogP contribution in [0.1, 0.15) is 24.4 Å². The fourth-order valence-electron chi connectivity index (χ4n) is 2.42. The van der Waals surface area contributed by atoms with Crippen molar-refractivity contribution in [3.05, 3.63) is 60.2 Å². The smallest absolute Gasteiger partial charge is 0.146 e. The summed E-state index contributed by atoms with van der Waals surface area (Å²) in [5.74, 6) is 1.57. The van der Waals surface area contributed by atoms with Gasteiger partial charge in [0.2, 0.25) is 0 Å². The minimum atomic E-state index is -0.578. The number of benzene rings is 2. The number of nitrogens with zero attached hydrogens (tertiary/aromatic N) is 2. The Hall–Kier alpha value is -2.33. The van der Waals surface area contributed by atoms with Crippen LogP contribution in [-0.2, 0) is 13.7 Å². The largest absolute Gasteiger partial charge is 0.485 e. The summed E-state index contributed by atoms with van der Waals surface area (Å²) in [6.07, 6.45) is 3.06. The first-order valence-corrected chi connectivity index (χ1v) is 6.95. The zero-order valence-electron chi connectivity index (χ0n) is 12.2. The number of hydrogen-bond donors (Lipinski definition) is 1. The quantitative estimate of drug-likeness (QED) is 0.799. The standard InChI is InChI=1S/C17H18N2O2/c1-12(20)14-8-7-13-5-3-4-6-15(13)17(14)21-11-16-18-9-10-19(16)2/h3-10,12,20H,11H2,1-2H3/t12-/m1/s1. The second-order valence-electron chi connectivity index (χ2n) is 5.12. The summed E-state index contributed by atoms with van der Waals surface area (Å²) in [6.45, 7) is 2.12. The van der Waals surface area contributed by atoms with Gasteiger partial charge in [-0.1, -0.05) is 36.4 Å². The lowest BCUT2D eigenvalue weighted by Gasteiger charge is -2.16. The van der Waals surface area contributed by atoms with Gasteiger partial charge in [0.15, 0.2) is 0 Å². The van der Waals surface area contributed by atoms with Gasteiger partial charge in [0.05, 0.1) is 6.10 Å². The van der Waals surface area contributed by atoms with E-state index >= 15 is 0 Å². The number of aryl methyl sites for hydroxylation is 1. The van der Waals surface area contributed by atoms with Crippen LogP contribution >= 0.6 is 0 Å². The van der Waals surface area contributed by atoms with Gasteiger partial charge in [0, 0.05) is 30.4 Å². The Morgan fingerprint density at radius 2 is 2.05 bits per heavy atom. The van der Waals surface area contributed by atoms with Crippen LogP contribution in [0.2, 0.25) is 0 Å². The maximum atomic E-state index is 9.97. The highest BCUT2D eigenvalue weighted by Crippen LogP contribution is 2.34. The second kappa shape index (κ2) is 5.58. The van der Waals surface area contributed by atoms with Gasteiger partial charge in [-0.15, -0.1) is 0 Å². The zero-order valence-corrected chi connectivity index (χ0v) is 12.2. The van der Waals surface area contributed by atoms with Gasteiger partial charge in [0.1, 0.15) is 18.2 Å². The van der Waals surface area contributed by atoms with E-state index in [1.54, 1.807) is 13.1 Å². The normalized spacial score (nSPS) is 12.5. The van der Waals surface area contributed by atoms with Crippen molar-refractivity contribution in [2.45, 2.75) is 19.6 Å². The van der Waals surface area contributed by atoms with E-state index in [1.807, 2.05) is 54.2 Å². The van der Waals surface area contributed by atoms with E-state index in [0.29, 0.717) is 6.61 Å². The Labute approximate surface area is 123 Å². The average molecular weight is 282 g/mol. The Morgan fingerprint density at radius 1 is 1.24 bits per heavy atom. The molecule has 4 nitrogen and oxygen atoms in total. The van der Waals surface area contributed by atoms with Crippen molar-refractivity contribution in [3.8, 4) is 5.75 Å². The van der Waals surface area contributed by atoms with Crippen molar-refractivity contribution in [3.63, 3.8) is 0 Å². The first-order chi connectivity index (χ1) is 10.2. The lowest BCUT2D eigenvalue weighted by Crippen LogP contribution is -2.06. The van der Waals surface area contributed by atoms with Crippen LogP contribution < -0.4 is 4.74 Å². The van der Waals surface area contributed by atoms with Crippen LogP contribution in [0.4, 0.5) is 0 Å². The van der Waals surface area contributed by atoms with Crippen molar-refractivity contribution in [2.24, 2.45) is 7.05 Å². The number of rotatable bonds is 4. The molecule has 0 unspecified atom stereocenters. The molecule has 0 aliphatic rings. The molecule has 1 aromatic heterocycles. The molecule has 0 fully saturated rings. The average Bonchev–Trinajstić information content (AvgIpc) is 2.89. The summed E-state index contributed by atoms with van der Waals surface area (Å²) in [5.41, 5.74) is 0.794. The minimum absolute atomic E-state index is 0.372. The summed E-state index contributed by atoms with van der Waals surface area (Å²) in [5, 5.41) is 12.1. The topological polar surface area (TPSA) is 47.3 Å². The summed E-state index contributed by atoms with van der Waals surface area (Å²) in [6, 6.07) is 11.9. The minimum Gasteiger partial charge on any atom is -0.485 e. The molecule has 0 aliphatic heterocycles. The number of imidazole rings is 1. The van der Waals surface area contributed by atoms with Crippen molar-refractivity contribution < 1.29 is 9.84 Å². The molecule has 0 aliphatic carbocycles. The number of hydrogen-bond acceptors (Lipinski definition) is 3. The van der Waals surface area contributed by atoms with Crippen LogP contribution in [0.5, 0.6) is 5.75 Å². The molecule has 2 aromatic carbocycles. The molecule has 4 heteroatoms. The molecule has 108 valence electrons. The van der Waals surface area contributed by atoms with Crippen LogP contribution in [0, 0.1) is 0 Å². The fourth-order valence-corrected chi connectivity index (χ4v) is 2.42. The van der Waals surface area contributed by atoms with Crippen molar-refractivity contribution >= 4 is 10.8 Å². The van der Waals surface area contributed by atoms with Gasteiger partial charge in [-0.05, 0) is 12.3 Å². The maximum Gasteiger partial charge on any atom is 0.146 e. The van der Waals surface area contributed by atoms with Crippen molar-refractivity contribution in [2.75, 3.05) is 0 Å². The van der Waals surface area contributed by atoms with E-state index in [0.717, 1.165) is 27.9 Å². The van der Waals surface area contributed by atoms with Gasteiger partial charge in [-0.2, -0.15) is 0 Å². The Bertz CT molecular complexity index is 762. The second-order valence-corrected chi connectivity index (χ2v) is 5.12. The molecule has 0 saturated carbocycles. The number of fused-ring (bicyclic) bond motifs is 1. The molecule has 0 amide bonds. The van der Waals surface area contributed by atoms with Crippen LogP contribution in [-0.4, -0.2) is 14.7 Å². The highest BCUT2D eigenvalue weighted by molar-refractivity contribution is 5.89. The molecule has 0 saturated heterocycles. The van der Waals surface area contributed by atoms with E-state index in [-0.39, 0.29) is 0 Å². The molecule has 3 rings (SSSR count). The number of ether oxygens (including phenoxy) is 1. The monoisotopic (exact) mass is 282 g/mol. The summed E-state index contributed by atoms with van der Waals surface area (Å²) in [7, 11) is 1.93. The SMILES string of the molecule is C[C@@H](O)c1ccc2ccccc2c1OCc1nccn1C. The number of aromatic nitrogens is 2. The molecule has 1 N–H and O–H groups in total. The zero-order chi connectivity index (χ0) is 14.8. The van der Waals surface area contributed by atoms with E-state index in [4.69, 9.17) is 4.74 Å². The van der Waals surface area contributed by atoms with Gasteiger partial charge in [-0.3, -0.25) is 0 Å². The van der Waals surface area contributed by atoms with E-state index in [9.17, 15) is 5.11 Å². The third-order valence-corrected chi connectivity index (χ3v) is 3.63.